The molecular weight excluding hydrogens is 973 g/mol. The number of esters is 3. The zero-order valence-electron chi connectivity index (χ0n) is 51.6. The van der Waals surface area contributed by atoms with E-state index < -0.39 is 6.10 Å². The third kappa shape index (κ3) is 64.5. The van der Waals surface area contributed by atoms with Crippen LogP contribution in [0.4, 0.5) is 0 Å². The molecule has 0 rings (SSSR count). The summed E-state index contributed by atoms with van der Waals surface area (Å²) in [6.07, 6.45) is 92.2. The van der Waals surface area contributed by atoms with E-state index in [1.807, 2.05) is 0 Å². The molecular formula is C73H122O6. The van der Waals surface area contributed by atoms with Crippen molar-refractivity contribution in [3.63, 3.8) is 0 Å². The normalized spacial score (nSPS) is 12.9. The Morgan fingerprint density at radius 2 is 0.494 bits per heavy atom. The van der Waals surface area contributed by atoms with Crippen molar-refractivity contribution in [2.75, 3.05) is 13.2 Å². The van der Waals surface area contributed by atoms with E-state index in [1.54, 1.807) is 0 Å². The molecule has 0 aliphatic rings. The molecule has 0 aliphatic carbocycles. The van der Waals surface area contributed by atoms with Crippen molar-refractivity contribution < 1.29 is 28.6 Å². The van der Waals surface area contributed by atoms with Gasteiger partial charge in [-0.15, -0.1) is 0 Å². The second-order valence-corrected chi connectivity index (χ2v) is 21.6. The number of hydrogen-bond acceptors (Lipinski definition) is 6. The number of unbranched alkanes of at least 4 members (excludes halogenated alkanes) is 28. The van der Waals surface area contributed by atoms with Gasteiger partial charge >= 0.3 is 17.9 Å². The van der Waals surface area contributed by atoms with Crippen LogP contribution < -0.4 is 0 Å². The van der Waals surface area contributed by atoms with E-state index in [0.717, 1.165) is 148 Å². The highest BCUT2D eigenvalue weighted by Gasteiger charge is 2.19. The minimum absolute atomic E-state index is 0.0870. The number of allylic oxidation sites excluding steroid dienone is 20. The maximum atomic E-state index is 12.9. The summed E-state index contributed by atoms with van der Waals surface area (Å²) < 4.78 is 16.9. The Bertz CT molecular complexity index is 1640. The maximum Gasteiger partial charge on any atom is 0.306 e. The summed E-state index contributed by atoms with van der Waals surface area (Å²) in [6.45, 7) is 6.35. The van der Waals surface area contributed by atoms with Crippen LogP contribution in [0.1, 0.15) is 303 Å². The quantitative estimate of drug-likeness (QED) is 0.0261. The summed E-state index contributed by atoms with van der Waals surface area (Å²) in [7, 11) is 0. The van der Waals surface area contributed by atoms with Crippen LogP contribution in [0.2, 0.25) is 0 Å². The topological polar surface area (TPSA) is 78.9 Å². The first kappa shape index (κ1) is 74.8. The Kier molecular flexibility index (Phi) is 62.8. The van der Waals surface area contributed by atoms with Gasteiger partial charge in [0.1, 0.15) is 13.2 Å². The maximum absolute atomic E-state index is 12.9. The number of carbonyl (C=O) groups is 3. The van der Waals surface area contributed by atoms with Crippen molar-refractivity contribution in [2.24, 2.45) is 0 Å². The zero-order chi connectivity index (χ0) is 57.1. The molecule has 450 valence electrons. The molecule has 0 N–H and O–H groups in total. The van der Waals surface area contributed by atoms with Gasteiger partial charge in [0.25, 0.3) is 0 Å². The fourth-order valence-electron chi connectivity index (χ4n) is 9.05. The van der Waals surface area contributed by atoms with Crippen LogP contribution in [-0.2, 0) is 28.6 Å². The molecule has 0 bridgehead atoms. The van der Waals surface area contributed by atoms with Gasteiger partial charge in [0, 0.05) is 19.3 Å². The van der Waals surface area contributed by atoms with Gasteiger partial charge in [-0.2, -0.15) is 0 Å². The zero-order valence-corrected chi connectivity index (χ0v) is 51.6. The molecule has 1 atom stereocenters. The van der Waals surface area contributed by atoms with Crippen molar-refractivity contribution in [1.29, 1.82) is 0 Å². The van der Waals surface area contributed by atoms with Gasteiger partial charge in [0.05, 0.1) is 0 Å². The fourth-order valence-corrected chi connectivity index (χ4v) is 9.05. The second-order valence-electron chi connectivity index (χ2n) is 21.6. The predicted octanol–water partition coefficient (Wildman–Crippen LogP) is 22.8. The molecule has 79 heavy (non-hydrogen) atoms. The van der Waals surface area contributed by atoms with E-state index in [0.29, 0.717) is 19.3 Å². The Balaban J connectivity index is 4.24. The molecule has 0 amide bonds. The Labute approximate surface area is 488 Å². The predicted molar refractivity (Wildman–Crippen MR) is 343 cm³/mol. The smallest absolute Gasteiger partial charge is 0.306 e. The molecule has 6 heteroatoms. The molecule has 0 spiro atoms. The number of hydrogen-bond donors (Lipinski definition) is 0. The SMILES string of the molecule is CC/C=C\C/C=C\C/C=C\C/C=C\C/C=C\CCCCCCCCCCCCCCCCCC(=O)OCC(COC(=O)CCCCCCC/C=C\C/C=C\CCC)OC(=O)CCCCCCCCC/C=C\C/C=C\C/C=C\CC. The summed E-state index contributed by atoms with van der Waals surface area (Å²) >= 11 is 0. The summed E-state index contributed by atoms with van der Waals surface area (Å²) in [5, 5.41) is 0. The van der Waals surface area contributed by atoms with Crippen LogP contribution >= 0.6 is 0 Å². The highest BCUT2D eigenvalue weighted by molar-refractivity contribution is 5.71. The van der Waals surface area contributed by atoms with Crippen LogP contribution in [0.15, 0.2) is 122 Å². The molecule has 0 aromatic rings. The Morgan fingerprint density at radius 1 is 0.266 bits per heavy atom. The van der Waals surface area contributed by atoms with E-state index in [9.17, 15) is 14.4 Å². The minimum atomic E-state index is -0.792. The molecule has 0 heterocycles. The van der Waals surface area contributed by atoms with Gasteiger partial charge in [0.2, 0.25) is 0 Å². The highest BCUT2D eigenvalue weighted by Crippen LogP contribution is 2.16. The van der Waals surface area contributed by atoms with E-state index in [4.69, 9.17) is 14.2 Å². The van der Waals surface area contributed by atoms with Gasteiger partial charge in [-0.3, -0.25) is 14.4 Å². The summed E-state index contributed by atoms with van der Waals surface area (Å²) in [4.78, 5) is 38.3. The molecule has 0 saturated carbocycles. The summed E-state index contributed by atoms with van der Waals surface area (Å²) in [6, 6.07) is 0. The average molecular weight is 1100 g/mol. The van der Waals surface area contributed by atoms with E-state index >= 15 is 0 Å². The number of rotatable bonds is 59. The second kappa shape index (κ2) is 66.3. The molecule has 1 unspecified atom stereocenters. The first-order valence-corrected chi connectivity index (χ1v) is 33.0. The van der Waals surface area contributed by atoms with Crippen LogP contribution in [0, 0.1) is 0 Å². The van der Waals surface area contributed by atoms with Gasteiger partial charge < -0.3 is 14.2 Å². The monoisotopic (exact) mass is 1090 g/mol. The standard InChI is InChI=1S/C73H122O6/c1-4-7-10-13-16-19-22-25-27-29-30-31-32-33-34-35-36-37-38-39-40-41-42-44-45-48-51-54-57-60-63-66-72(75)78-69-70(68-77-71(74)65-62-59-56-53-50-47-24-21-18-15-12-9-6-3)79-73(76)67-64-61-58-55-52-49-46-43-28-26-23-20-17-14-11-8-5-2/h7-8,10-12,15-17,19-21,24-28,30-31,33-34,70H,4-6,9,13-14,18,22-23,29,32,35-69H2,1-3H3/b10-7-,11-8-,15-12-,19-16-,20-17-,24-21-,27-25-,28-26-,31-30-,34-33-. The first-order chi connectivity index (χ1) is 39.0. The van der Waals surface area contributed by atoms with E-state index in [-0.39, 0.29) is 31.1 Å². The largest absolute Gasteiger partial charge is 0.462 e. The average Bonchev–Trinajstić information content (AvgIpc) is 3.45. The number of carbonyl (C=O) groups excluding carboxylic acids is 3. The Hall–Kier alpha value is -4.19. The Morgan fingerprint density at radius 3 is 0.772 bits per heavy atom. The van der Waals surface area contributed by atoms with Crippen molar-refractivity contribution in [1.82, 2.24) is 0 Å². The third-order valence-corrected chi connectivity index (χ3v) is 13.9. The first-order valence-electron chi connectivity index (χ1n) is 33.0. The van der Waals surface area contributed by atoms with Gasteiger partial charge in [-0.05, 0) is 122 Å². The van der Waals surface area contributed by atoms with Gasteiger partial charge in [-0.25, -0.2) is 0 Å². The van der Waals surface area contributed by atoms with Gasteiger partial charge in [-0.1, -0.05) is 284 Å². The van der Waals surface area contributed by atoms with Crippen molar-refractivity contribution in [3.8, 4) is 0 Å². The molecule has 0 aromatic heterocycles. The lowest BCUT2D eigenvalue weighted by molar-refractivity contribution is -0.167. The van der Waals surface area contributed by atoms with Crippen molar-refractivity contribution in [3.05, 3.63) is 122 Å². The highest BCUT2D eigenvalue weighted by atomic mass is 16.6. The molecule has 0 aromatic carbocycles. The molecule has 0 fully saturated rings. The van der Waals surface area contributed by atoms with E-state index in [1.165, 1.54) is 116 Å². The molecule has 0 saturated heterocycles. The number of ether oxygens (including phenoxy) is 3. The lowest BCUT2D eigenvalue weighted by Gasteiger charge is -2.18. The fraction of sp³-hybridized carbons (Fsp3) is 0.685. The molecule has 0 radical (unpaired) electrons. The third-order valence-electron chi connectivity index (χ3n) is 13.9. The van der Waals surface area contributed by atoms with Crippen molar-refractivity contribution in [2.45, 2.75) is 309 Å². The van der Waals surface area contributed by atoms with Crippen LogP contribution in [0.5, 0.6) is 0 Å². The van der Waals surface area contributed by atoms with Crippen LogP contribution in [-0.4, -0.2) is 37.2 Å². The summed E-state index contributed by atoms with van der Waals surface area (Å²) in [5.74, 6) is -0.905. The van der Waals surface area contributed by atoms with Gasteiger partial charge in [0.15, 0.2) is 6.10 Å². The van der Waals surface area contributed by atoms with Crippen LogP contribution in [0.25, 0.3) is 0 Å². The molecule has 6 nitrogen and oxygen atoms in total. The van der Waals surface area contributed by atoms with Crippen molar-refractivity contribution >= 4 is 17.9 Å². The van der Waals surface area contributed by atoms with Crippen LogP contribution in [0.3, 0.4) is 0 Å². The summed E-state index contributed by atoms with van der Waals surface area (Å²) in [5.41, 5.74) is 0. The lowest BCUT2D eigenvalue weighted by Crippen LogP contribution is -2.30. The van der Waals surface area contributed by atoms with E-state index in [2.05, 4.69) is 142 Å². The molecule has 0 aliphatic heterocycles. The lowest BCUT2D eigenvalue weighted by atomic mass is 10.0. The minimum Gasteiger partial charge on any atom is -0.462 e.